The second-order valence-corrected chi connectivity index (χ2v) is 5.36. The van der Waals surface area contributed by atoms with Crippen LogP contribution in [0, 0.1) is 11.6 Å². The molecule has 0 N–H and O–H groups in total. The van der Waals surface area contributed by atoms with Crippen LogP contribution in [0.3, 0.4) is 0 Å². The zero-order valence-corrected chi connectivity index (χ0v) is 13.0. The summed E-state index contributed by atoms with van der Waals surface area (Å²) in [7, 11) is 0. The molecule has 0 atom stereocenters. The summed E-state index contributed by atoms with van der Waals surface area (Å²) in [6, 6.07) is 9.59. The van der Waals surface area contributed by atoms with Crippen molar-refractivity contribution in [3.63, 3.8) is 0 Å². The van der Waals surface area contributed by atoms with Crippen LogP contribution in [0.4, 0.5) is 8.78 Å². The normalized spacial score (nSPS) is 10.5. The highest BCUT2D eigenvalue weighted by Crippen LogP contribution is 2.26. The Bertz CT molecular complexity index is 588. The van der Waals surface area contributed by atoms with E-state index in [0.29, 0.717) is 11.1 Å². The molecule has 19 heavy (non-hydrogen) atoms. The van der Waals surface area contributed by atoms with Crippen LogP contribution in [0.1, 0.15) is 11.1 Å². The van der Waals surface area contributed by atoms with Gasteiger partial charge >= 0.3 is 0 Å². The molecule has 1 nitrogen and oxygen atoms in total. The monoisotopic (exact) mass is 390 g/mol. The lowest BCUT2D eigenvalue weighted by Gasteiger charge is -2.11. The van der Waals surface area contributed by atoms with Crippen molar-refractivity contribution in [1.82, 2.24) is 0 Å². The van der Waals surface area contributed by atoms with Gasteiger partial charge in [0.25, 0.3) is 0 Å². The van der Waals surface area contributed by atoms with Gasteiger partial charge in [0.1, 0.15) is 12.4 Å². The molecule has 0 saturated heterocycles. The molecule has 0 bridgehead atoms. The van der Waals surface area contributed by atoms with Crippen molar-refractivity contribution in [1.29, 1.82) is 0 Å². The van der Waals surface area contributed by atoms with Gasteiger partial charge in [-0.3, -0.25) is 0 Å². The van der Waals surface area contributed by atoms with E-state index in [1.165, 1.54) is 12.1 Å². The van der Waals surface area contributed by atoms with E-state index >= 15 is 0 Å². The summed E-state index contributed by atoms with van der Waals surface area (Å²) in [5, 5.41) is 0.618. The van der Waals surface area contributed by atoms with Gasteiger partial charge in [0, 0.05) is 20.9 Å². The summed E-state index contributed by atoms with van der Waals surface area (Å²) in [5.74, 6) is -1.08. The first-order chi connectivity index (χ1) is 9.11. The fourth-order valence-corrected chi connectivity index (χ4v) is 2.46. The standard InChI is InChI=1S/C14H10Br2F2O/c15-7-10-6-11(16)4-5-13(10)19-8-9-2-1-3-12(17)14(9)18/h1-6H,7-8H2. The molecule has 0 aliphatic carbocycles. The number of hydrogen-bond acceptors (Lipinski definition) is 1. The summed E-state index contributed by atoms with van der Waals surface area (Å²) in [6.45, 7) is -0.00870. The van der Waals surface area contributed by atoms with E-state index in [4.69, 9.17) is 4.74 Å². The second kappa shape index (κ2) is 6.48. The van der Waals surface area contributed by atoms with Crippen molar-refractivity contribution in [3.05, 3.63) is 63.6 Å². The van der Waals surface area contributed by atoms with Crippen LogP contribution in [0.25, 0.3) is 0 Å². The predicted molar refractivity (Wildman–Crippen MR) is 77.5 cm³/mol. The van der Waals surface area contributed by atoms with Gasteiger partial charge in [-0.15, -0.1) is 0 Å². The maximum atomic E-state index is 13.5. The fraction of sp³-hybridized carbons (Fsp3) is 0.143. The Kier molecular flexibility index (Phi) is 4.93. The predicted octanol–water partition coefficient (Wildman–Crippen LogP) is 5.20. The molecule has 0 amide bonds. The van der Waals surface area contributed by atoms with Crippen LogP contribution in [0.5, 0.6) is 5.75 Å². The van der Waals surface area contributed by atoms with Crippen molar-refractivity contribution in [2.75, 3.05) is 0 Å². The lowest BCUT2D eigenvalue weighted by atomic mass is 10.2. The first kappa shape index (κ1) is 14.5. The average molecular weight is 392 g/mol. The van der Waals surface area contributed by atoms with Gasteiger partial charge in [-0.2, -0.15) is 0 Å². The molecule has 2 aromatic rings. The first-order valence-electron chi connectivity index (χ1n) is 5.52. The number of benzene rings is 2. The van der Waals surface area contributed by atoms with Crippen LogP contribution >= 0.6 is 31.9 Å². The maximum Gasteiger partial charge on any atom is 0.165 e. The van der Waals surface area contributed by atoms with Crippen molar-refractivity contribution >= 4 is 31.9 Å². The molecule has 2 rings (SSSR count). The minimum absolute atomic E-state index is 0.00870. The van der Waals surface area contributed by atoms with Crippen molar-refractivity contribution < 1.29 is 13.5 Å². The molecule has 100 valence electrons. The molecule has 0 radical (unpaired) electrons. The lowest BCUT2D eigenvalue weighted by molar-refractivity contribution is 0.295. The topological polar surface area (TPSA) is 9.23 Å². The van der Waals surface area contributed by atoms with Gasteiger partial charge in [0.05, 0.1) is 0 Å². The summed E-state index contributed by atoms with van der Waals surface area (Å²) >= 11 is 6.73. The minimum atomic E-state index is -0.863. The Morgan fingerprint density at radius 2 is 1.84 bits per heavy atom. The summed E-state index contributed by atoms with van der Waals surface area (Å²) < 4.78 is 33.0. The Labute approximate surface area is 126 Å². The van der Waals surface area contributed by atoms with Gasteiger partial charge in [-0.1, -0.05) is 44.0 Å². The summed E-state index contributed by atoms with van der Waals surface area (Å²) in [6.07, 6.45) is 0. The molecule has 5 heteroatoms. The van der Waals surface area contributed by atoms with E-state index in [1.54, 1.807) is 6.07 Å². The van der Waals surface area contributed by atoms with Crippen molar-refractivity contribution in [3.8, 4) is 5.75 Å². The minimum Gasteiger partial charge on any atom is -0.488 e. The van der Waals surface area contributed by atoms with Gasteiger partial charge in [0.15, 0.2) is 11.6 Å². The smallest absolute Gasteiger partial charge is 0.165 e. The largest absolute Gasteiger partial charge is 0.488 e. The van der Waals surface area contributed by atoms with Crippen molar-refractivity contribution in [2.24, 2.45) is 0 Å². The molecule has 0 aliphatic heterocycles. The van der Waals surface area contributed by atoms with E-state index < -0.39 is 11.6 Å². The molecular weight excluding hydrogens is 382 g/mol. The number of rotatable bonds is 4. The molecule has 0 saturated carbocycles. The molecule has 0 heterocycles. The number of ether oxygens (including phenoxy) is 1. The SMILES string of the molecule is Fc1cccc(COc2ccc(Br)cc2CBr)c1F. The first-order valence-corrected chi connectivity index (χ1v) is 7.43. The van der Waals surface area contributed by atoms with E-state index in [1.807, 2.05) is 12.1 Å². The highest BCUT2D eigenvalue weighted by molar-refractivity contribution is 9.10. The van der Waals surface area contributed by atoms with E-state index in [-0.39, 0.29) is 12.2 Å². The number of hydrogen-bond donors (Lipinski definition) is 0. The Morgan fingerprint density at radius 1 is 1.05 bits per heavy atom. The van der Waals surface area contributed by atoms with E-state index in [2.05, 4.69) is 31.9 Å². The third-order valence-electron chi connectivity index (χ3n) is 2.58. The van der Waals surface area contributed by atoms with Crippen molar-refractivity contribution in [2.45, 2.75) is 11.9 Å². The Balaban J connectivity index is 2.17. The number of alkyl halides is 1. The molecule has 0 aliphatic rings. The Hall–Kier alpha value is -0.940. The zero-order valence-electron chi connectivity index (χ0n) is 9.80. The number of halogens is 4. The summed E-state index contributed by atoms with van der Waals surface area (Å²) in [5.41, 5.74) is 1.13. The maximum absolute atomic E-state index is 13.5. The van der Waals surface area contributed by atoms with Crippen LogP contribution in [0.2, 0.25) is 0 Å². The van der Waals surface area contributed by atoms with Crippen LogP contribution in [-0.4, -0.2) is 0 Å². The molecule has 0 spiro atoms. The highest BCUT2D eigenvalue weighted by Gasteiger charge is 2.09. The Morgan fingerprint density at radius 3 is 2.58 bits per heavy atom. The molecule has 0 aromatic heterocycles. The van der Waals surface area contributed by atoms with Gasteiger partial charge < -0.3 is 4.74 Å². The highest BCUT2D eigenvalue weighted by atomic mass is 79.9. The van der Waals surface area contributed by atoms with Crippen LogP contribution < -0.4 is 4.74 Å². The molecular formula is C14H10Br2F2O. The van der Waals surface area contributed by atoms with Gasteiger partial charge in [0.2, 0.25) is 0 Å². The third-order valence-corrected chi connectivity index (χ3v) is 3.68. The molecule has 0 unspecified atom stereocenters. The average Bonchev–Trinajstić information content (AvgIpc) is 2.41. The fourth-order valence-electron chi connectivity index (χ4n) is 1.61. The van der Waals surface area contributed by atoms with Gasteiger partial charge in [-0.05, 0) is 24.3 Å². The van der Waals surface area contributed by atoms with Crippen LogP contribution in [0.15, 0.2) is 40.9 Å². The zero-order chi connectivity index (χ0) is 13.8. The quantitative estimate of drug-likeness (QED) is 0.650. The second-order valence-electron chi connectivity index (χ2n) is 3.89. The van der Waals surface area contributed by atoms with E-state index in [9.17, 15) is 8.78 Å². The molecule has 0 fully saturated rings. The summed E-state index contributed by atoms with van der Waals surface area (Å²) in [4.78, 5) is 0. The van der Waals surface area contributed by atoms with E-state index in [0.717, 1.165) is 16.1 Å². The molecule has 2 aromatic carbocycles. The lowest BCUT2D eigenvalue weighted by Crippen LogP contribution is -2.01. The van der Waals surface area contributed by atoms with Crippen LogP contribution in [-0.2, 0) is 11.9 Å². The third kappa shape index (κ3) is 3.54. The van der Waals surface area contributed by atoms with Gasteiger partial charge in [-0.25, -0.2) is 8.78 Å².